The van der Waals surface area contributed by atoms with Crippen LogP contribution in [0.5, 0.6) is 0 Å². The molecule has 2 atom stereocenters. The third-order valence-corrected chi connectivity index (χ3v) is 5.61. The average Bonchev–Trinajstić information content (AvgIpc) is 2.65. The highest BCUT2D eigenvalue weighted by Crippen LogP contribution is 2.31. The van der Waals surface area contributed by atoms with Crippen LogP contribution in [-0.4, -0.2) is 36.3 Å². The Morgan fingerprint density at radius 3 is 2.80 bits per heavy atom. The number of piperidine rings is 1. The lowest BCUT2D eigenvalue weighted by Gasteiger charge is -2.33. The van der Waals surface area contributed by atoms with E-state index in [9.17, 15) is 9.59 Å². The van der Waals surface area contributed by atoms with Crippen LogP contribution in [0.2, 0.25) is 0 Å². The average molecular weight is 342 g/mol. The number of fused-ring (bicyclic) bond motifs is 1. The zero-order chi connectivity index (χ0) is 17.8. The highest BCUT2D eigenvalue weighted by Gasteiger charge is 2.30. The number of nitrogens with one attached hydrogen (secondary N) is 1. The molecule has 1 heterocycles. The zero-order valence-corrected chi connectivity index (χ0v) is 15.5. The molecule has 4 nitrogen and oxygen atoms in total. The predicted octanol–water partition coefficient (Wildman–Crippen LogP) is 3.12. The molecule has 1 aromatic rings. The number of hydrogen-bond donors (Lipinski definition) is 1. The molecule has 1 saturated heterocycles. The first-order valence-corrected chi connectivity index (χ1v) is 9.70. The number of nitrogens with zero attached hydrogens (tertiary/aromatic N) is 1. The van der Waals surface area contributed by atoms with Gasteiger partial charge in [0.25, 0.3) is 0 Å². The van der Waals surface area contributed by atoms with Crippen LogP contribution in [0.1, 0.15) is 56.6 Å². The molecule has 1 fully saturated rings. The minimum absolute atomic E-state index is 0.000511. The SMILES string of the molecule is CC(C)C(=O)N1CCC[C@H](C(=O)NC[C@@H]2CCCc3ccccc32)C1. The second kappa shape index (κ2) is 8.03. The smallest absolute Gasteiger partial charge is 0.225 e. The number of hydrogen-bond acceptors (Lipinski definition) is 2. The van der Waals surface area contributed by atoms with E-state index in [1.807, 2.05) is 18.7 Å². The normalized spacial score (nSPS) is 23.2. The molecule has 1 N–H and O–H groups in total. The molecule has 1 aromatic carbocycles. The monoisotopic (exact) mass is 342 g/mol. The Morgan fingerprint density at radius 1 is 1.20 bits per heavy atom. The van der Waals surface area contributed by atoms with Gasteiger partial charge in [-0.05, 0) is 43.2 Å². The number of rotatable bonds is 4. The number of carbonyl (C=O) groups is 2. The van der Waals surface area contributed by atoms with Crippen LogP contribution in [0.25, 0.3) is 0 Å². The van der Waals surface area contributed by atoms with E-state index in [0.717, 1.165) is 32.2 Å². The molecule has 0 saturated carbocycles. The fourth-order valence-electron chi connectivity index (χ4n) is 4.19. The first-order chi connectivity index (χ1) is 12.1. The van der Waals surface area contributed by atoms with Crippen molar-refractivity contribution >= 4 is 11.8 Å². The van der Waals surface area contributed by atoms with Crippen molar-refractivity contribution in [2.75, 3.05) is 19.6 Å². The summed E-state index contributed by atoms with van der Waals surface area (Å²) in [7, 11) is 0. The van der Waals surface area contributed by atoms with Gasteiger partial charge in [-0.1, -0.05) is 38.1 Å². The highest BCUT2D eigenvalue weighted by atomic mass is 16.2. The highest BCUT2D eigenvalue weighted by molar-refractivity contribution is 5.82. The molecule has 0 aromatic heterocycles. The summed E-state index contributed by atoms with van der Waals surface area (Å²) >= 11 is 0. The Labute approximate surface area is 151 Å². The summed E-state index contributed by atoms with van der Waals surface area (Å²) in [6.07, 6.45) is 5.28. The van der Waals surface area contributed by atoms with E-state index in [-0.39, 0.29) is 23.7 Å². The number of amides is 2. The Hall–Kier alpha value is -1.84. The van der Waals surface area contributed by atoms with Gasteiger partial charge in [-0.3, -0.25) is 9.59 Å². The zero-order valence-electron chi connectivity index (χ0n) is 15.5. The Kier molecular flexibility index (Phi) is 5.77. The van der Waals surface area contributed by atoms with Gasteiger partial charge in [0.15, 0.2) is 0 Å². The number of aryl methyl sites for hydroxylation is 1. The maximum atomic E-state index is 12.6. The van der Waals surface area contributed by atoms with Crippen LogP contribution in [0.4, 0.5) is 0 Å². The molecule has 1 aliphatic carbocycles. The van der Waals surface area contributed by atoms with Crippen LogP contribution in [-0.2, 0) is 16.0 Å². The molecule has 25 heavy (non-hydrogen) atoms. The molecule has 0 radical (unpaired) electrons. The minimum atomic E-state index is -0.0599. The van der Waals surface area contributed by atoms with Crippen molar-refractivity contribution in [2.24, 2.45) is 11.8 Å². The maximum Gasteiger partial charge on any atom is 0.225 e. The second-order valence-corrected chi connectivity index (χ2v) is 7.81. The van der Waals surface area contributed by atoms with Gasteiger partial charge in [-0.2, -0.15) is 0 Å². The molecule has 0 unspecified atom stereocenters. The van der Waals surface area contributed by atoms with Crippen molar-refractivity contribution in [1.82, 2.24) is 10.2 Å². The summed E-state index contributed by atoms with van der Waals surface area (Å²) in [5, 5.41) is 3.17. The fraction of sp³-hybridized carbons (Fsp3) is 0.619. The van der Waals surface area contributed by atoms with E-state index in [1.165, 1.54) is 17.5 Å². The van der Waals surface area contributed by atoms with Crippen molar-refractivity contribution in [2.45, 2.75) is 51.9 Å². The van der Waals surface area contributed by atoms with Crippen molar-refractivity contribution in [3.8, 4) is 0 Å². The summed E-state index contributed by atoms with van der Waals surface area (Å²) in [5.74, 6) is 0.643. The molecule has 136 valence electrons. The molecule has 3 rings (SSSR count). The molecule has 2 aliphatic rings. The van der Waals surface area contributed by atoms with Gasteiger partial charge in [-0.25, -0.2) is 0 Å². The topological polar surface area (TPSA) is 49.4 Å². The Bertz CT molecular complexity index is 626. The van der Waals surface area contributed by atoms with Crippen LogP contribution >= 0.6 is 0 Å². The van der Waals surface area contributed by atoms with Gasteiger partial charge in [0, 0.05) is 31.5 Å². The maximum absolute atomic E-state index is 12.6. The third kappa shape index (κ3) is 4.23. The first-order valence-electron chi connectivity index (χ1n) is 9.70. The summed E-state index contributed by atoms with van der Waals surface area (Å²) in [4.78, 5) is 26.7. The minimum Gasteiger partial charge on any atom is -0.355 e. The molecule has 2 amide bonds. The lowest BCUT2D eigenvalue weighted by molar-refractivity contribution is -0.138. The molecular formula is C21H30N2O2. The van der Waals surface area contributed by atoms with Crippen molar-refractivity contribution in [3.63, 3.8) is 0 Å². The van der Waals surface area contributed by atoms with E-state index in [2.05, 4.69) is 29.6 Å². The molecular weight excluding hydrogens is 312 g/mol. The Balaban J connectivity index is 1.55. The third-order valence-electron chi connectivity index (χ3n) is 5.61. The van der Waals surface area contributed by atoms with Crippen molar-refractivity contribution in [3.05, 3.63) is 35.4 Å². The summed E-state index contributed by atoms with van der Waals surface area (Å²) in [6.45, 7) is 5.92. The molecule has 0 bridgehead atoms. The van der Waals surface area contributed by atoms with E-state index in [0.29, 0.717) is 19.0 Å². The largest absolute Gasteiger partial charge is 0.355 e. The number of benzene rings is 1. The van der Waals surface area contributed by atoms with Crippen LogP contribution in [0.15, 0.2) is 24.3 Å². The van der Waals surface area contributed by atoms with Gasteiger partial charge < -0.3 is 10.2 Å². The van der Waals surface area contributed by atoms with Gasteiger partial charge in [-0.15, -0.1) is 0 Å². The van der Waals surface area contributed by atoms with Gasteiger partial charge in [0.1, 0.15) is 0 Å². The van der Waals surface area contributed by atoms with Crippen LogP contribution < -0.4 is 5.32 Å². The molecule has 0 spiro atoms. The second-order valence-electron chi connectivity index (χ2n) is 7.81. The predicted molar refractivity (Wildman–Crippen MR) is 99.3 cm³/mol. The van der Waals surface area contributed by atoms with E-state index < -0.39 is 0 Å². The van der Waals surface area contributed by atoms with Crippen molar-refractivity contribution < 1.29 is 9.59 Å². The van der Waals surface area contributed by atoms with Crippen LogP contribution in [0, 0.1) is 11.8 Å². The quantitative estimate of drug-likeness (QED) is 0.914. The van der Waals surface area contributed by atoms with E-state index in [4.69, 9.17) is 0 Å². The Morgan fingerprint density at radius 2 is 2.00 bits per heavy atom. The summed E-state index contributed by atoms with van der Waals surface area (Å²) < 4.78 is 0. The number of carbonyl (C=O) groups excluding carboxylic acids is 2. The van der Waals surface area contributed by atoms with Gasteiger partial charge >= 0.3 is 0 Å². The lowest BCUT2D eigenvalue weighted by atomic mass is 9.82. The lowest BCUT2D eigenvalue weighted by Crippen LogP contribution is -2.47. The first kappa shape index (κ1) is 18.0. The van der Waals surface area contributed by atoms with Crippen molar-refractivity contribution in [1.29, 1.82) is 0 Å². The standard InChI is InChI=1S/C21H30N2O2/c1-15(2)21(25)23-12-6-10-18(14-23)20(24)22-13-17-9-5-8-16-7-3-4-11-19(16)17/h3-4,7,11,15,17-18H,5-6,8-10,12-14H2,1-2H3,(H,22,24)/t17-,18-/m0/s1. The van der Waals surface area contributed by atoms with Gasteiger partial charge in [0.05, 0.1) is 5.92 Å². The molecule has 1 aliphatic heterocycles. The van der Waals surface area contributed by atoms with E-state index >= 15 is 0 Å². The summed E-state index contributed by atoms with van der Waals surface area (Å²) in [5.41, 5.74) is 2.83. The molecule has 4 heteroatoms. The fourth-order valence-corrected chi connectivity index (χ4v) is 4.19. The van der Waals surface area contributed by atoms with E-state index in [1.54, 1.807) is 0 Å². The van der Waals surface area contributed by atoms with Crippen LogP contribution in [0.3, 0.4) is 0 Å². The van der Waals surface area contributed by atoms with Gasteiger partial charge in [0.2, 0.25) is 11.8 Å². The number of likely N-dealkylation sites (tertiary alicyclic amines) is 1. The summed E-state index contributed by atoms with van der Waals surface area (Å²) in [6, 6.07) is 8.60.